The molecular formula is C12H16N4. The molecule has 1 unspecified atom stereocenters. The van der Waals surface area contributed by atoms with Gasteiger partial charge in [0.05, 0.1) is 12.5 Å². The third-order valence-corrected chi connectivity index (χ3v) is 2.79. The maximum absolute atomic E-state index is 8.88. The molecule has 1 atom stereocenters. The molecule has 0 aliphatic carbocycles. The minimum atomic E-state index is 0.176. The van der Waals surface area contributed by atoms with Crippen LogP contribution in [0, 0.1) is 29.6 Å². The molecule has 1 aromatic heterocycles. The van der Waals surface area contributed by atoms with Crippen molar-refractivity contribution in [2.24, 2.45) is 7.05 Å². The number of rotatable bonds is 4. The van der Waals surface area contributed by atoms with Gasteiger partial charge in [-0.3, -0.25) is 0 Å². The van der Waals surface area contributed by atoms with Crippen LogP contribution < -0.4 is 5.32 Å². The number of aromatic nitrogens is 1. The van der Waals surface area contributed by atoms with Crippen molar-refractivity contribution in [3.8, 4) is 12.1 Å². The quantitative estimate of drug-likeness (QED) is 0.831. The van der Waals surface area contributed by atoms with Gasteiger partial charge >= 0.3 is 0 Å². The molecule has 0 aliphatic heterocycles. The predicted octanol–water partition coefficient (Wildman–Crippen LogP) is 1.60. The summed E-state index contributed by atoms with van der Waals surface area (Å²) in [5.74, 6) is 0. The van der Waals surface area contributed by atoms with E-state index in [9.17, 15) is 0 Å². The Hall–Kier alpha value is -1.78. The SMILES string of the molecule is Cc1c(CNC(C)CC#N)cc(C#N)n1C. The second-order valence-electron chi connectivity index (χ2n) is 3.96. The monoisotopic (exact) mass is 216 g/mol. The van der Waals surface area contributed by atoms with E-state index >= 15 is 0 Å². The molecule has 4 heteroatoms. The fourth-order valence-corrected chi connectivity index (χ4v) is 1.54. The van der Waals surface area contributed by atoms with Crippen LogP contribution >= 0.6 is 0 Å². The normalized spacial score (nSPS) is 11.8. The van der Waals surface area contributed by atoms with Gasteiger partial charge in [0.25, 0.3) is 0 Å². The van der Waals surface area contributed by atoms with Crippen molar-refractivity contribution in [2.75, 3.05) is 0 Å². The topological polar surface area (TPSA) is 64.5 Å². The maximum Gasteiger partial charge on any atom is 0.120 e. The summed E-state index contributed by atoms with van der Waals surface area (Å²) in [5.41, 5.74) is 2.87. The molecule has 1 aromatic rings. The molecule has 0 saturated carbocycles. The second kappa shape index (κ2) is 5.34. The van der Waals surface area contributed by atoms with Crippen LogP contribution in [-0.4, -0.2) is 10.6 Å². The first-order valence-corrected chi connectivity index (χ1v) is 5.25. The highest BCUT2D eigenvalue weighted by Gasteiger charge is 2.09. The van der Waals surface area contributed by atoms with Gasteiger partial charge in [-0.1, -0.05) is 0 Å². The van der Waals surface area contributed by atoms with Gasteiger partial charge in [-0.25, -0.2) is 0 Å². The Morgan fingerprint density at radius 2 is 2.19 bits per heavy atom. The molecule has 16 heavy (non-hydrogen) atoms. The molecule has 0 bridgehead atoms. The highest BCUT2D eigenvalue weighted by molar-refractivity contribution is 5.34. The molecule has 0 aromatic carbocycles. The molecule has 0 amide bonds. The Morgan fingerprint density at radius 1 is 1.50 bits per heavy atom. The van der Waals surface area contributed by atoms with Crippen LogP contribution in [0.3, 0.4) is 0 Å². The van der Waals surface area contributed by atoms with Crippen molar-refractivity contribution >= 4 is 0 Å². The van der Waals surface area contributed by atoms with E-state index in [1.54, 1.807) is 0 Å². The summed E-state index contributed by atoms with van der Waals surface area (Å²) in [5, 5.41) is 20.7. The zero-order chi connectivity index (χ0) is 12.1. The standard InChI is InChI=1S/C12H16N4/c1-9(4-5-13)15-8-11-6-12(7-14)16(3)10(11)2/h6,9,15H,4,8H2,1-3H3. The average Bonchev–Trinajstić information content (AvgIpc) is 2.54. The Bertz CT molecular complexity index is 445. The van der Waals surface area contributed by atoms with E-state index < -0.39 is 0 Å². The molecular weight excluding hydrogens is 200 g/mol. The first-order valence-electron chi connectivity index (χ1n) is 5.25. The average molecular weight is 216 g/mol. The Labute approximate surface area is 96.1 Å². The fraction of sp³-hybridized carbons (Fsp3) is 0.500. The van der Waals surface area contributed by atoms with Gasteiger partial charge in [-0.2, -0.15) is 10.5 Å². The third-order valence-electron chi connectivity index (χ3n) is 2.79. The zero-order valence-corrected chi connectivity index (χ0v) is 9.91. The van der Waals surface area contributed by atoms with Crippen molar-refractivity contribution < 1.29 is 0 Å². The number of nitriles is 2. The van der Waals surface area contributed by atoms with E-state index in [4.69, 9.17) is 10.5 Å². The van der Waals surface area contributed by atoms with Gasteiger partial charge < -0.3 is 9.88 Å². The molecule has 0 radical (unpaired) electrons. The van der Waals surface area contributed by atoms with Crippen LogP contribution in [-0.2, 0) is 13.6 Å². The molecule has 0 saturated heterocycles. The summed E-state index contributed by atoms with van der Waals surface area (Å²) < 4.78 is 1.88. The first-order chi connectivity index (χ1) is 7.60. The molecule has 0 spiro atoms. The summed E-state index contributed by atoms with van der Waals surface area (Å²) in [6.07, 6.45) is 0.497. The third kappa shape index (κ3) is 2.62. The van der Waals surface area contributed by atoms with Crippen molar-refractivity contribution in [2.45, 2.75) is 32.9 Å². The lowest BCUT2D eigenvalue weighted by Crippen LogP contribution is -2.25. The minimum absolute atomic E-state index is 0.176. The second-order valence-corrected chi connectivity index (χ2v) is 3.96. The van der Waals surface area contributed by atoms with Crippen LogP contribution in [0.2, 0.25) is 0 Å². The van der Waals surface area contributed by atoms with Crippen molar-refractivity contribution in [3.05, 3.63) is 23.0 Å². The predicted molar refractivity (Wildman–Crippen MR) is 61.4 cm³/mol. The molecule has 1 rings (SSSR count). The summed E-state index contributed by atoms with van der Waals surface area (Å²) in [4.78, 5) is 0. The number of nitrogens with zero attached hydrogens (tertiary/aromatic N) is 3. The molecule has 1 heterocycles. The van der Waals surface area contributed by atoms with Crippen molar-refractivity contribution in [1.29, 1.82) is 10.5 Å². The Kier molecular flexibility index (Phi) is 4.10. The fourth-order valence-electron chi connectivity index (χ4n) is 1.54. The van der Waals surface area contributed by atoms with Gasteiger partial charge in [0.15, 0.2) is 0 Å². The highest BCUT2D eigenvalue weighted by Crippen LogP contribution is 2.13. The maximum atomic E-state index is 8.88. The molecule has 0 aliphatic rings. The number of nitrogens with one attached hydrogen (secondary N) is 1. The van der Waals surface area contributed by atoms with Crippen LogP contribution in [0.15, 0.2) is 6.07 Å². The smallest absolute Gasteiger partial charge is 0.120 e. The molecule has 84 valence electrons. The summed E-state index contributed by atoms with van der Waals surface area (Å²) >= 11 is 0. The van der Waals surface area contributed by atoms with E-state index in [0.29, 0.717) is 18.7 Å². The van der Waals surface area contributed by atoms with Crippen molar-refractivity contribution in [3.63, 3.8) is 0 Å². The lowest BCUT2D eigenvalue weighted by Gasteiger charge is -2.09. The van der Waals surface area contributed by atoms with Gasteiger partial charge in [0.2, 0.25) is 0 Å². The van der Waals surface area contributed by atoms with Gasteiger partial charge in [0, 0.05) is 25.3 Å². The Morgan fingerprint density at radius 3 is 2.69 bits per heavy atom. The van der Waals surface area contributed by atoms with Crippen LogP contribution in [0.5, 0.6) is 0 Å². The first kappa shape index (κ1) is 12.3. The minimum Gasteiger partial charge on any atom is -0.340 e. The van der Waals surface area contributed by atoms with Crippen LogP contribution in [0.4, 0.5) is 0 Å². The van der Waals surface area contributed by atoms with Gasteiger partial charge in [-0.05, 0) is 25.5 Å². The summed E-state index contributed by atoms with van der Waals surface area (Å²) in [7, 11) is 1.89. The number of hydrogen-bond acceptors (Lipinski definition) is 3. The number of hydrogen-bond donors (Lipinski definition) is 1. The van der Waals surface area contributed by atoms with Gasteiger partial charge in [0.1, 0.15) is 11.8 Å². The summed E-state index contributed by atoms with van der Waals surface area (Å²) in [6, 6.07) is 6.34. The van der Waals surface area contributed by atoms with E-state index in [1.807, 2.05) is 31.5 Å². The van der Waals surface area contributed by atoms with E-state index in [1.165, 1.54) is 0 Å². The highest BCUT2D eigenvalue weighted by atomic mass is 15.0. The van der Waals surface area contributed by atoms with Crippen LogP contribution in [0.1, 0.15) is 30.3 Å². The molecule has 0 fully saturated rings. The van der Waals surface area contributed by atoms with E-state index in [-0.39, 0.29) is 6.04 Å². The molecule has 1 N–H and O–H groups in total. The molecule has 4 nitrogen and oxygen atoms in total. The zero-order valence-electron chi connectivity index (χ0n) is 9.91. The van der Waals surface area contributed by atoms with Gasteiger partial charge in [-0.15, -0.1) is 0 Å². The Balaban J connectivity index is 2.69. The lowest BCUT2D eigenvalue weighted by molar-refractivity contribution is 0.555. The van der Waals surface area contributed by atoms with E-state index in [0.717, 1.165) is 11.3 Å². The lowest BCUT2D eigenvalue weighted by atomic mass is 10.2. The largest absolute Gasteiger partial charge is 0.340 e. The van der Waals surface area contributed by atoms with E-state index in [2.05, 4.69) is 17.5 Å². The van der Waals surface area contributed by atoms with Crippen LogP contribution in [0.25, 0.3) is 0 Å². The van der Waals surface area contributed by atoms with Crippen molar-refractivity contribution in [1.82, 2.24) is 9.88 Å². The summed E-state index contributed by atoms with van der Waals surface area (Å²) in [6.45, 7) is 4.67.